The third kappa shape index (κ3) is 3.17. The van der Waals surface area contributed by atoms with Crippen molar-refractivity contribution in [2.75, 3.05) is 11.1 Å². The molecule has 5 heteroatoms. The van der Waals surface area contributed by atoms with Gasteiger partial charge in [-0.1, -0.05) is 11.6 Å². The average molecular weight is 300 g/mol. The first-order chi connectivity index (χ1) is 10.2. The Balaban J connectivity index is 1.70. The smallest absolute Gasteiger partial charge is 0.225 e. The van der Waals surface area contributed by atoms with Gasteiger partial charge >= 0.3 is 0 Å². The molecule has 106 valence electrons. The molecule has 0 saturated heterocycles. The van der Waals surface area contributed by atoms with Crippen LogP contribution in [0.3, 0.4) is 0 Å². The lowest BCUT2D eigenvalue weighted by Gasteiger charge is -2.09. The molecule has 0 aliphatic carbocycles. The monoisotopic (exact) mass is 299 g/mol. The van der Waals surface area contributed by atoms with Gasteiger partial charge in [0.2, 0.25) is 5.89 Å². The minimum Gasteiger partial charge on any atom is -0.445 e. The Kier molecular flexibility index (Phi) is 3.79. The molecule has 0 spiro atoms. The summed E-state index contributed by atoms with van der Waals surface area (Å²) in [5.74, 6) is 0.612. The molecule has 0 amide bonds. The van der Waals surface area contributed by atoms with Crippen LogP contribution < -0.4 is 11.1 Å². The van der Waals surface area contributed by atoms with E-state index in [1.165, 1.54) is 0 Å². The third-order valence-electron chi connectivity index (χ3n) is 3.12. The maximum atomic E-state index is 6.14. The van der Waals surface area contributed by atoms with Crippen molar-refractivity contribution >= 4 is 23.0 Å². The van der Waals surface area contributed by atoms with E-state index >= 15 is 0 Å². The van der Waals surface area contributed by atoms with Gasteiger partial charge in [-0.3, -0.25) is 0 Å². The number of hydrogen-bond acceptors (Lipinski definition) is 4. The van der Waals surface area contributed by atoms with Crippen LogP contribution >= 0.6 is 11.6 Å². The van der Waals surface area contributed by atoms with Gasteiger partial charge in [-0.25, -0.2) is 4.98 Å². The summed E-state index contributed by atoms with van der Waals surface area (Å²) < 4.78 is 5.25. The average Bonchev–Trinajstić information content (AvgIpc) is 3.03. The number of aromatic nitrogens is 1. The van der Waals surface area contributed by atoms with Crippen LogP contribution in [0, 0.1) is 0 Å². The molecule has 21 heavy (non-hydrogen) atoms. The van der Waals surface area contributed by atoms with E-state index in [2.05, 4.69) is 10.3 Å². The van der Waals surface area contributed by atoms with Gasteiger partial charge in [0.1, 0.15) is 6.26 Å². The largest absolute Gasteiger partial charge is 0.445 e. The van der Waals surface area contributed by atoms with Crippen LogP contribution in [0.4, 0.5) is 11.4 Å². The number of nitrogens with two attached hydrogens (primary N) is 1. The molecular weight excluding hydrogens is 286 g/mol. The topological polar surface area (TPSA) is 64.1 Å². The molecule has 0 unspecified atom stereocenters. The molecular formula is C16H14ClN3O. The fraction of sp³-hybridized carbons (Fsp3) is 0.0625. The number of oxazole rings is 1. The molecule has 0 aliphatic heterocycles. The summed E-state index contributed by atoms with van der Waals surface area (Å²) in [6.07, 6.45) is 3.19. The summed E-state index contributed by atoms with van der Waals surface area (Å²) in [5, 5.41) is 4.01. The Morgan fingerprint density at radius 3 is 2.67 bits per heavy atom. The van der Waals surface area contributed by atoms with Crippen molar-refractivity contribution in [3.05, 3.63) is 65.5 Å². The highest BCUT2D eigenvalue weighted by Crippen LogP contribution is 2.22. The van der Waals surface area contributed by atoms with Crippen molar-refractivity contribution in [3.63, 3.8) is 0 Å². The molecule has 2 aromatic carbocycles. The van der Waals surface area contributed by atoms with Gasteiger partial charge in [-0.2, -0.15) is 0 Å². The van der Waals surface area contributed by atoms with E-state index in [0.29, 0.717) is 23.1 Å². The van der Waals surface area contributed by atoms with Crippen molar-refractivity contribution in [2.45, 2.75) is 6.54 Å². The first-order valence-corrected chi connectivity index (χ1v) is 6.88. The SMILES string of the molecule is Nc1ccc(Cl)c(CNc2ccc(-c3ncco3)cc2)c1. The molecule has 3 rings (SSSR count). The number of nitrogens with one attached hydrogen (secondary N) is 1. The van der Waals surface area contributed by atoms with Crippen LogP contribution in [-0.2, 0) is 6.54 Å². The lowest BCUT2D eigenvalue weighted by molar-refractivity contribution is 0.574. The Morgan fingerprint density at radius 2 is 1.95 bits per heavy atom. The first-order valence-electron chi connectivity index (χ1n) is 6.50. The van der Waals surface area contributed by atoms with Crippen molar-refractivity contribution in [1.82, 2.24) is 4.98 Å². The summed E-state index contributed by atoms with van der Waals surface area (Å²) in [5.41, 5.74) is 9.36. The van der Waals surface area contributed by atoms with Crippen LogP contribution in [0.2, 0.25) is 5.02 Å². The minimum absolute atomic E-state index is 0.612. The number of hydrogen-bond donors (Lipinski definition) is 2. The van der Waals surface area contributed by atoms with Crippen molar-refractivity contribution in [1.29, 1.82) is 0 Å². The number of nitrogens with zero attached hydrogens (tertiary/aromatic N) is 1. The molecule has 1 aromatic heterocycles. The highest BCUT2D eigenvalue weighted by molar-refractivity contribution is 6.31. The number of rotatable bonds is 4. The van der Waals surface area contributed by atoms with Gasteiger partial charge in [-0.05, 0) is 48.0 Å². The highest BCUT2D eigenvalue weighted by atomic mass is 35.5. The van der Waals surface area contributed by atoms with Gasteiger partial charge in [0.05, 0.1) is 6.20 Å². The molecule has 0 saturated carbocycles. The van der Waals surface area contributed by atoms with Gasteiger partial charge in [-0.15, -0.1) is 0 Å². The number of benzene rings is 2. The van der Waals surface area contributed by atoms with Gasteiger partial charge in [0.15, 0.2) is 0 Å². The fourth-order valence-electron chi connectivity index (χ4n) is 2.02. The second kappa shape index (κ2) is 5.89. The zero-order chi connectivity index (χ0) is 14.7. The predicted molar refractivity (Wildman–Crippen MR) is 85.1 cm³/mol. The number of anilines is 2. The third-order valence-corrected chi connectivity index (χ3v) is 3.49. The van der Waals surface area contributed by atoms with Crippen LogP contribution in [0.1, 0.15) is 5.56 Å². The molecule has 0 aliphatic rings. The van der Waals surface area contributed by atoms with E-state index in [1.54, 1.807) is 24.6 Å². The van der Waals surface area contributed by atoms with Crippen molar-refractivity contribution in [2.24, 2.45) is 0 Å². The Hall–Kier alpha value is -2.46. The lowest BCUT2D eigenvalue weighted by Crippen LogP contribution is -2.01. The molecule has 0 fully saturated rings. The quantitative estimate of drug-likeness (QED) is 0.709. The second-order valence-corrected chi connectivity index (χ2v) is 5.03. The Morgan fingerprint density at radius 1 is 1.14 bits per heavy atom. The molecule has 0 atom stereocenters. The normalized spacial score (nSPS) is 10.5. The van der Waals surface area contributed by atoms with Crippen molar-refractivity contribution in [3.8, 4) is 11.5 Å². The van der Waals surface area contributed by atoms with Crippen molar-refractivity contribution < 1.29 is 4.42 Å². The fourth-order valence-corrected chi connectivity index (χ4v) is 2.21. The molecule has 3 aromatic rings. The maximum absolute atomic E-state index is 6.14. The summed E-state index contributed by atoms with van der Waals surface area (Å²) in [4.78, 5) is 4.11. The first kappa shape index (κ1) is 13.5. The van der Waals surface area contributed by atoms with Gasteiger partial charge < -0.3 is 15.5 Å². The van der Waals surface area contributed by atoms with Crippen LogP contribution in [0.25, 0.3) is 11.5 Å². The second-order valence-electron chi connectivity index (χ2n) is 4.62. The summed E-state index contributed by atoms with van der Waals surface area (Å²) in [6.45, 7) is 0.613. The van der Waals surface area contributed by atoms with E-state index in [1.807, 2.05) is 30.3 Å². The summed E-state index contributed by atoms with van der Waals surface area (Å²) >= 11 is 6.14. The van der Waals surface area contributed by atoms with E-state index in [-0.39, 0.29) is 0 Å². The van der Waals surface area contributed by atoms with E-state index in [4.69, 9.17) is 21.8 Å². The summed E-state index contributed by atoms with van der Waals surface area (Å²) in [6, 6.07) is 13.3. The predicted octanol–water partition coefficient (Wildman–Crippen LogP) is 4.19. The number of nitrogen functional groups attached to an aromatic ring is 1. The van der Waals surface area contributed by atoms with E-state index in [0.717, 1.165) is 16.8 Å². The Labute approximate surface area is 127 Å². The van der Waals surface area contributed by atoms with Crippen LogP contribution in [0.15, 0.2) is 59.3 Å². The molecule has 1 heterocycles. The van der Waals surface area contributed by atoms with E-state index < -0.39 is 0 Å². The maximum Gasteiger partial charge on any atom is 0.225 e. The lowest BCUT2D eigenvalue weighted by atomic mass is 10.1. The van der Waals surface area contributed by atoms with Gasteiger partial charge in [0, 0.05) is 28.5 Å². The van der Waals surface area contributed by atoms with Crippen LogP contribution in [0.5, 0.6) is 0 Å². The van der Waals surface area contributed by atoms with E-state index in [9.17, 15) is 0 Å². The summed E-state index contributed by atoms with van der Waals surface area (Å²) in [7, 11) is 0. The molecule has 4 nitrogen and oxygen atoms in total. The number of halogens is 1. The van der Waals surface area contributed by atoms with Crippen LogP contribution in [-0.4, -0.2) is 4.98 Å². The molecule has 3 N–H and O–H groups in total. The highest BCUT2D eigenvalue weighted by Gasteiger charge is 2.03. The standard InChI is InChI=1S/C16H14ClN3O/c17-15-6-3-13(18)9-12(15)10-20-14-4-1-11(2-5-14)16-19-7-8-21-16/h1-9,20H,10,18H2. The zero-order valence-electron chi connectivity index (χ0n) is 11.2. The van der Waals surface area contributed by atoms with Gasteiger partial charge in [0.25, 0.3) is 0 Å². The molecule has 0 radical (unpaired) electrons. The zero-order valence-corrected chi connectivity index (χ0v) is 12.0. The Bertz CT molecular complexity index is 724. The molecule has 0 bridgehead atoms. The minimum atomic E-state index is 0.612.